The van der Waals surface area contributed by atoms with E-state index in [2.05, 4.69) is 5.92 Å². The van der Waals surface area contributed by atoms with E-state index in [4.69, 9.17) is 6.42 Å². The second-order valence-corrected chi connectivity index (χ2v) is 5.13. The van der Waals surface area contributed by atoms with Crippen molar-refractivity contribution in [3.05, 3.63) is 35.4 Å². The van der Waals surface area contributed by atoms with Crippen LogP contribution in [0, 0.1) is 18.3 Å². The van der Waals surface area contributed by atoms with Gasteiger partial charge in [0.15, 0.2) is 0 Å². The molecule has 2 nitrogen and oxygen atoms in total. The number of Topliss-reactive ketones (excluding diaryl/α,β-unsaturated/α-hetero) is 2. The predicted octanol–water partition coefficient (Wildman–Crippen LogP) is 3.36. The van der Waals surface area contributed by atoms with Crippen molar-refractivity contribution in [3.8, 4) is 12.3 Å². The summed E-state index contributed by atoms with van der Waals surface area (Å²) in [5.41, 5.74) is -0.210. The number of terminal acetylenes is 1. The van der Waals surface area contributed by atoms with E-state index in [0.717, 1.165) is 12.1 Å². The van der Waals surface area contributed by atoms with Crippen LogP contribution in [0.2, 0.25) is 0 Å². The Labute approximate surface area is 120 Å². The standard InChI is InChI=1S/C16H13F3O2/c1-2-3-13-14(8-12(20)9-15(13)21)10-4-6-11(7-5-10)16(17,18)19/h1,4-7,13-14H,3,8-9H2. The van der Waals surface area contributed by atoms with E-state index in [9.17, 15) is 22.8 Å². The quantitative estimate of drug-likeness (QED) is 0.619. The van der Waals surface area contributed by atoms with Crippen molar-refractivity contribution in [1.29, 1.82) is 0 Å². The number of carbonyl (C=O) groups is 2. The predicted molar refractivity (Wildman–Crippen MR) is 70.4 cm³/mol. The molecular weight excluding hydrogens is 281 g/mol. The number of benzene rings is 1. The van der Waals surface area contributed by atoms with E-state index in [-0.39, 0.29) is 30.8 Å². The molecule has 1 aromatic rings. The van der Waals surface area contributed by atoms with Gasteiger partial charge in [-0.05, 0) is 17.7 Å². The second kappa shape index (κ2) is 5.72. The third-order valence-corrected chi connectivity index (χ3v) is 3.72. The van der Waals surface area contributed by atoms with E-state index < -0.39 is 23.6 Å². The monoisotopic (exact) mass is 294 g/mol. The highest BCUT2D eigenvalue weighted by Crippen LogP contribution is 2.37. The van der Waals surface area contributed by atoms with Crippen molar-refractivity contribution < 1.29 is 22.8 Å². The largest absolute Gasteiger partial charge is 0.416 e. The fourth-order valence-electron chi connectivity index (χ4n) is 2.66. The molecule has 1 aliphatic rings. The van der Waals surface area contributed by atoms with Crippen LogP contribution in [-0.2, 0) is 15.8 Å². The second-order valence-electron chi connectivity index (χ2n) is 5.13. The summed E-state index contributed by atoms with van der Waals surface area (Å²) in [7, 11) is 0. The smallest absolute Gasteiger partial charge is 0.299 e. The van der Waals surface area contributed by atoms with Gasteiger partial charge in [-0.1, -0.05) is 12.1 Å². The van der Waals surface area contributed by atoms with Gasteiger partial charge >= 0.3 is 6.18 Å². The third-order valence-electron chi connectivity index (χ3n) is 3.72. The Morgan fingerprint density at radius 2 is 1.81 bits per heavy atom. The zero-order chi connectivity index (χ0) is 15.6. The minimum atomic E-state index is -4.41. The van der Waals surface area contributed by atoms with Gasteiger partial charge in [0.1, 0.15) is 11.6 Å². The van der Waals surface area contributed by atoms with Crippen molar-refractivity contribution in [1.82, 2.24) is 0 Å². The molecule has 0 N–H and O–H groups in total. The Morgan fingerprint density at radius 3 is 2.33 bits per heavy atom. The van der Waals surface area contributed by atoms with Gasteiger partial charge in [-0.2, -0.15) is 13.2 Å². The van der Waals surface area contributed by atoms with Crippen LogP contribution in [0.1, 0.15) is 36.3 Å². The summed E-state index contributed by atoms with van der Waals surface area (Å²) in [6, 6.07) is 4.57. The van der Waals surface area contributed by atoms with Crippen LogP contribution in [0.4, 0.5) is 13.2 Å². The van der Waals surface area contributed by atoms with Crippen molar-refractivity contribution >= 4 is 11.6 Å². The summed E-state index contributed by atoms with van der Waals surface area (Å²) in [5.74, 6) is 1.05. The molecule has 110 valence electrons. The molecule has 0 amide bonds. The molecule has 1 aliphatic carbocycles. The third kappa shape index (κ3) is 3.33. The highest BCUT2D eigenvalue weighted by atomic mass is 19.4. The average molecular weight is 294 g/mol. The van der Waals surface area contributed by atoms with Gasteiger partial charge in [-0.3, -0.25) is 9.59 Å². The molecule has 0 aliphatic heterocycles. The highest BCUT2D eigenvalue weighted by molar-refractivity contribution is 6.03. The van der Waals surface area contributed by atoms with Crippen LogP contribution < -0.4 is 0 Å². The fraction of sp³-hybridized carbons (Fsp3) is 0.375. The molecule has 1 aromatic carbocycles. The van der Waals surface area contributed by atoms with Crippen LogP contribution in [0.5, 0.6) is 0 Å². The zero-order valence-corrected chi connectivity index (χ0v) is 11.1. The van der Waals surface area contributed by atoms with E-state index in [0.29, 0.717) is 5.56 Å². The van der Waals surface area contributed by atoms with E-state index in [1.165, 1.54) is 12.1 Å². The Balaban J connectivity index is 2.31. The maximum absolute atomic E-state index is 12.5. The maximum Gasteiger partial charge on any atom is 0.416 e. The molecule has 0 radical (unpaired) electrons. The first-order valence-corrected chi connectivity index (χ1v) is 6.48. The minimum Gasteiger partial charge on any atom is -0.299 e. The molecule has 0 heterocycles. The molecule has 5 heteroatoms. The lowest BCUT2D eigenvalue weighted by Gasteiger charge is -2.29. The zero-order valence-electron chi connectivity index (χ0n) is 11.1. The first-order valence-electron chi connectivity index (χ1n) is 6.48. The van der Waals surface area contributed by atoms with Gasteiger partial charge < -0.3 is 0 Å². The molecule has 21 heavy (non-hydrogen) atoms. The number of hydrogen-bond donors (Lipinski definition) is 0. The van der Waals surface area contributed by atoms with Gasteiger partial charge in [-0.25, -0.2) is 0 Å². The number of carbonyl (C=O) groups excluding carboxylic acids is 2. The molecule has 0 saturated heterocycles. The molecular formula is C16H13F3O2. The molecule has 0 spiro atoms. The number of ketones is 2. The summed E-state index contributed by atoms with van der Waals surface area (Å²) in [6.07, 6.45) is 1.03. The summed E-state index contributed by atoms with van der Waals surface area (Å²) in [6.45, 7) is 0. The molecule has 2 atom stereocenters. The lowest BCUT2D eigenvalue weighted by Crippen LogP contribution is -2.31. The number of hydrogen-bond acceptors (Lipinski definition) is 2. The van der Waals surface area contributed by atoms with Crippen LogP contribution in [0.25, 0.3) is 0 Å². The van der Waals surface area contributed by atoms with E-state index in [1.54, 1.807) is 0 Å². The summed E-state index contributed by atoms with van der Waals surface area (Å²) < 4.78 is 37.6. The summed E-state index contributed by atoms with van der Waals surface area (Å²) in [5, 5.41) is 0. The SMILES string of the molecule is C#CCC1C(=O)CC(=O)CC1c1ccc(C(F)(F)F)cc1. The van der Waals surface area contributed by atoms with Crippen molar-refractivity contribution in [2.75, 3.05) is 0 Å². The van der Waals surface area contributed by atoms with Gasteiger partial charge in [0.05, 0.1) is 12.0 Å². The van der Waals surface area contributed by atoms with Gasteiger partial charge in [0, 0.05) is 24.7 Å². The molecule has 2 rings (SSSR count). The van der Waals surface area contributed by atoms with Gasteiger partial charge in [0.25, 0.3) is 0 Å². The number of alkyl halides is 3. The van der Waals surface area contributed by atoms with Crippen molar-refractivity contribution in [2.24, 2.45) is 5.92 Å². The Morgan fingerprint density at radius 1 is 1.19 bits per heavy atom. The topological polar surface area (TPSA) is 34.1 Å². The Hall–Kier alpha value is -2.09. The van der Waals surface area contributed by atoms with Crippen LogP contribution in [0.3, 0.4) is 0 Å². The average Bonchev–Trinajstić information content (AvgIpc) is 2.41. The normalized spacial score (nSPS) is 23.0. The maximum atomic E-state index is 12.5. The minimum absolute atomic E-state index is 0.135. The van der Waals surface area contributed by atoms with Crippen molar-refractivity contribution in [2.45, 2.75) is 31.4 Å². The van der Waals surface area contributed by atoms with Gasteiger partial charge in [-0.15, -0.1) is 12.3 Å². The summed E-state index contributed by atoms with van der Waals surface area (Å²) >= 11 is 0. The van der Waals surface area contributed by atoms with E-state index in [1.807, 2.05) is 0 Å². The first kappa shape index (κ1) is 15.3. The van der Waals surface area contributed by atoms with Crippen LogP contribution in [0.15, 0.2) is 24.3 Å². The lowest BCUT2D eigenvalue weighted by atomic mass is 9.73. The summed E-state index contributed by atoms with van der Waals surface area (Å²) in [4.78, 5) is 23.5. The van der Waals surface area contributed by atoms with Crippen LogP contribution in [-0.4, -0.2) is 11.6 Å². The number of halogens is 3. The molecule has 1 saturated carbocycles. The van der Waals surface area contributed by atoms with Crippen LogP contribution >= 0.6 is 0 Å². The van der Waals surface area contributed by atoms with Gasteiger partial charge in [0.2, 0.25) is 0 Å². The first-order chi connectivity index (χ1) is 9.82. The van der Waals surface area contributed by atoms with Crippen molar-refractivity contribution in [3.63, 3.8) is 0 Å². The highest BCUT2D eigenvalue weighted by Gasteiger charge is 2.37. The lowest BCUT2D eigenvalue weighted by molar-refractivity contribution is -0.138. The number of rotatable bonds is 2. The molecule has 0 bridgehead atoms. The molecule has 0 aromatic heterocycles. The molecule has 2 unspecified atom stereocenters. The fourth-order valence-corrected chi connectivity index (χ4v) is 2.66. The van der Waals surface area contributed by atoms with E-state index >= 15 is 0 Å². The Kier molecular flexibility index (Phi) is 4.17. The molecule has 1 fully saturated rings. The Bertz CT molecular complexity index is 593.